The van der Waals surface area contributed by atoms with Crippen molar-refractivity contribution in [3.05, 3.63) is 18.0 Å². The molecule has 2 unspecified atom stereocenters. The predicted octanol–water partition coefficient (Wildman–Crippen LogP) is 3.68. The van der Waals surface area contributed by atoms with E-state index >= 15 is 0 Å². The minimum atomic E-state index is -0.0175. The number of nitrogens with one attached hydrogen (secondary N) is 1. The van der Waals surface area contributed by atoms with Gasteiger partial charge in [-0.05, 0) is 77.2 Å². The van der Waals surface area contributed by atoms with Crippen molar-refractivity contribution in [1.82, 2.24) is 25.1 Å². The van der Waals surface area contributed by atoms with Crippen LogP contribution in [-0.4, -0.2) is 97.3 Å². The number of nitrogens with zero attached hydrogens (tertiary/aromatic N) is 5. The Morgan fingerprint density at radius 3 is 2.19 bits per heavy atom. The van der Waals surface area contributed by atoms with Gasteiger partial charge in [0, 0.05) is 51.2 Å². The zero-order chi connectivity index (χ0) is 25.8. The minimum Gasteiger partial charge on any atom is -0.375 e. The van der Waals surface area contributed by atoms with E-state index in [1.807, 2.05) is 0 Å². The molecule has 2 aliphatic rings. The lowest BCUT2D eigenvalue weighted by molar-refractivity contribution is -0.124. The molecular weight excluding hydrogens is 452 g/mol. The summed E-state index contributed by atoms with van der Waals surface area (Å²) in [5, 5.41) is 2.89. The van der Waals surface area contributed by atoms with Gasteiger partial charge in [-0.25, -0.2) is 9.97 Å². The van der Waals surface area contributed by atoms with Crippen LogP contribution in [0.1, 0.15) is 83.6 Å². The normalized spacial score (nSPS) is 22.2. The molecule has 0 bridgehead atoms. The summed E-state index contributed by atoms with van der Waals surface area (Å²) in [5.41, 5.74) is 1.31. The fourth-order valence-electron chi connectivity index (χ4n) is 5.83. The number of piperazine rings is 1. The van der Waals surface area contributed by atoms with E-state index in [1.165, 1.54) is 70.1 Å². The van der Waals surface area contributed by atoms with E-state index in [9.17, 15) is 4.79 Å². The second kappa shape index (κ2) is 15.5. The Kier molecular flexibility index (Phi) is 12.4. The number of carbonyl (C=O) groups excluding carboxylic acids is 1. The summed E-state index contributed by atoms with van der Waals surface area (Å²) in [6.45, 7) is 14.6. The van der Waals surface area contributed by atoms with Crippen molar-refractivity contribution < 1.29 is 9.53 Å². The topological polar surface area (TPSA) is 73.8 Å². The van der Waals surface area contributed by atoms with Gasteiger partial charge in [-0.3, -0.25) is 9.69 Å². The molecule has 2 fully saturated rings. The highest BCUT2D eigenvalue weighted by Gasteiger charge is 2.30. The Balaban J connectivity index is 1.28. The van der Waals surface area contributed by atoms with Crippen molar-refractivity contribution >= 4 is 11.9 Å². The lowest BCUT2D eigenvalue weighted by Gasteiger charge is -2.44. The molecule has 0 saturated carbocycles. The number of hydrogen-bond donors (Lipinski definition) is 1. The highest BCUT2D eigenvalue weighted by molar-refractivity contribution is 5.77. The molecule has 3 rings (SSSR count). The maximum atomic E-state index is 11.3. The first-order valence-electron chi connectivity index (χ1n) is 14.3. The van der Waals surface area contributed by atoms with Crippen LogP contribution in [0.5, 0.6) is 0 Å². The van der Waals surface area contributed by atoms with Crippen molar-refractivity contribution in [3.63, 3.8) is 0 Å². The van der Waals surface area contributed by atoms with Gasteiger partial charge in [-0.15, -0.1) is 0 Å². The van der Waals surface area contributed by atoms with Crippen LogP contribution < -0.4 is 10.2 Å². The Labute approximate surface area is 219 Å². The van der Waals surface area contributed by atoms with Gasteiger partial charge >= 0.3 is 0 Å². The molecule has 2 saturated heterocycles. The van der Waals surface area contributed by atoms with Crippen LogP contribution >= 0.6 is 0 Å². The van der Waals surface area contributed by atoms with E-state index in [-0.39, 0.29) is 12.5 Å². The van der Waals surface area contributed by atoms with Gasteiger partial charge in [-0.2, -0.15) is 0 Å². The largest absolute Gasteiger partial charge is 0.375 e. The van der Waals surface area contributed by atoms with E-state index in [2.05, 4.69) is 53.2 Å². The van der Waals surface area contributed by atoms with Crippen LogP contribution in [0.3, 0.4) is 0 Å². The van der Waals surface area contributed by atoms with Crippen molar-refractivity contribution in [2.45, 2.75) is 90.1 Å². The number of hydrogen-bond acceptors (Lipinski definition) is 7. The molecule has 2 atom stereocenters. The van der Waals surface area contributed by atoms with E-state index in [0.717, 1.165) is 38.5 Å². The minimum absolute atomic E-state index is 0.0175. The maximum Gasteiger partial charge on any atom is 0.245 e. The van der Waals surface area contributed by atoms with E-state index in [0.29, 0.717) is 18.0 Å². The number of likely N-dealkylation sites (tertiary alicyclic amines) is 1. The monoisotopic (exact) mass is 502 g/mol. The van der Waals surface area contributed by atoms with Crippen molar-refractivity contribution in [3.8, 4) is 0 Å². The molecule has 0 aromatic carbocycles. The number of rotatable bonds is 14. The second-order valence-corrected chi connectivity index (χ2v) is 10.8. The number of methoxy groups -OCH3 is 1. The summed E-state index contributed by atoms with van der Waals surface area (Å²) < 4.78 is 4.82. The summed E-state index contributed by atoms with van der Waals surface area (Å²) >= 11 is 0. The number of anilines is 1. The average Bonchev–Trinajstić information content (AvgIpc) is 2.88. The molecule has 1 aromatic rings. The first kappa shape index (κ1) is 28.8. The third-order valence-electron chi connectivity index (χ3n) is 7.89. The summed E-state index contributed by atoms with van der Waals surface area (Å²) in [5.74, 6) is 1.46. The Hall–Kier alpha value is -1.77. The number of piperidine rings is 1. The van der Waals surface area contributed by atoms with Crippen LogP contribution in [-0.2, 0) is 9.53 Å². The first-order chi connectivity index (χ1) is 17.5. The van der Waals surface area contributed by atoms with Gasteiger partial charge in [0.25, 0.3) is 0 Å². The SMILES string of the molecule is CCN1CC(C)N(c2ncc(C3CCN(CCCCCCCCNC(=O)COC)CC3)cn2)C(C)C1. The molecule has 0 spiro atoms. The number of ether oxygens (including phenoxy) is 1. The summed E-state index contributed by atoms with van der Waals surface area (Å²) in [6, 6.07) is 0.883. The van der Waals surface area contributed by atoms with Gasteiger partial charge in [0.05, 0.1) is 0 Å². The van der Waals surface area contributed by atoms with Crippen LogP contribution in [0.2, 0.25) is 0 Å². The molecule has 3 heterocycles. The fourth-order valence-corrected chi connectivity index (χ4v) is 5.83. The maximum absolute atomic E-state index is 11.3. The Morgan fingerprint density at radius 1 is 0.972 bits per heavy atom. The van der Waals surface area contributed by atoms with Crippen molar-refractivity contribution in [2.75, 3.05) is 64.4 Å². The number of carbonyl (C=O) groups is 1. The third-order valence-corrected chi connectivity index (χ3v) is 7.89. The van der Waals surface area contributed by atoms with E-state index in [1.54, 1.807) is 7.11 Å². The molecule has 1 N–H and O–H groups in total. The predicted molar refractivity (Wildman–Crippen MR) is 147 cm³/mol. The molecule has 8 nitrogen and oxygen atoms in total. The molecule has 2 aliphatic heterocycles. The van der Waals surface area contributed by atoms with Crippen LogP contribution in [0.15, 0.2) is 12.4 Å². The quantitative estimate of drug-likeness (QED) is 0.389. The summed E-state index contributed by atoms with van der Waals surface area (Å²) in [7, 11) is 1.55. The van der Waals surface area contributed by atoms with Crippen LogP contribution in [0.25, 0.3) is 0 Å². The van der Waals surface area contributed by atoms with Crippen LogP contribution in [0, 0.1) is 0 Å². The second-order valence-electron chi connectivity index (χ2n) is 10.8. The van der Waals surface area contributed by atoms with Gasteiger partial charge in [0.15, 0.2) is 0 Å². The Morgan fingerprint density at radius 2 is 1.58 bits per heavy atom. The third kappa shape index (κ3) is 8.96. The molecule has 8 heteroatoms. The zero-order valence-corrected chi connectivity index (χ0v) is 23.3. The molecule has 0 aliphatic carbocycles. The number of amides is 1. The molecule has 1 amide bonds. The van der Waals surface area contributed by atoms with Gasteiger partial charge in [-0.1, -0.05) is 32.6 Å². The fraction of sp³-hybridized carbons (Fsp3) is 0.821. The van der Waals surface area contributed by atoms with E-state index in [4.69, 9.17) is 14.7 Å². The summed E-state index contributed by atoms with van der Waals surface area (Å²) in [4.78, 5) is 28.5. The zero-order valence-electron chi connectivity index (χ0n) is 23.3. The lowest BCUT2D eigenvalue weighted by Crippen LogP contribution is -2.57. The van der Waals surface area contributed by atoms with Crippen molar-refractivity contribution in [1.29, 1.82) is 0 Å². The smallest absolute Gasteiger partial charge is 0.245 e. The Bertz CT molecular complexity index is 741. The van der Waals surface area contributed by atoms with Crippen molar-refractivity contribution in [2.24, 2.45) is 0 Å². The number of likely N-dealkylation sites (N-methyl/N-ethyl adjacent to an activating group) is 1. The molecule has 0 radical (unpaired) electrons. The average molecular weight is 503 g/mol. The molecule has 1 aromatic heterocycles. The highest BCUT2D eigenvalue weighted by Crippen LogP contribution is 2.29. The van der Waals surface area contributed by atoms with Gasteiger partial charge in [0.1, 0.15) is 6.61 Å². The van der Waals surface area contributed by atoms with E-state index < -0.39 is 0 Å². The highest BCUT2D eigenvalue weighted by atomic mass is 16.5. The van der Waals surface area contributed by atoms with Crippen LogP contribution in [0.4, 0.5) is 5.95 Å². The molecule has 204 valence electrons. The number of unbranched alkanes of at least 4 members (excludes halogenated alkanes) is 5. The first-order valence-corrected chi connectivity index (χ1v) is 14.3. The standard InChI is InChI=1S/C28H50N6O2/c1-5-32-20-23(2)34(24(3)21-32)28-30-18-26(19-31-28)25-12-16-33(17-13-25)15-11-9-7-6-8-10-14-29-27(35)22-36-4/h18-19,23-25H,5-17,20-22H2,1-4H3,(H,29,35). The molecular formula is C28H50N6O2. The number of aromatic nitrogens is 2. The molecule has 36 heavy (non-hydrogen) atoms. The van der Waals surface area contributed by atoms with Gasteiger partial charge < -0.3 is 19.9 Å². The van der Waals surface area contributed by atoms with Gasteiger partial charge in [0.2, 0.25) is 11.9 Å². The summed E-state index contributed by atoms with van der Waals surface area (Å²) in [6.07, 6.45) is 14.0. The lowest BCUT2D eigenvalue weighted by atomic mass is 9.91.